The molecule has 0 aliphatic carbocycles. The Kier molecular flexibility index (Phi) is 7.99. The Morgan fingerprint density at radius 3 is 2.26 bits per heavy atom. The van der Waals surface area contributed by atoms with Crippen molar-refractivity contribution in [3.05, 3.63) is 74.2 Å². The van der Waals surface area contributed by atoms with E-state index >= 15 is 0 Å². The lowest BCUT2D eigenvalue weighted by atomic mass is 9.83. The summed E-state index contributed by atoms with van der Waals surface area (Å²) < 4.78 is 6.88. The number of imide groups is 1. The minimum absolute atomic E-state index is 0.105. The molecule has 3 aliphatic rings. The van der Waals surface area contributed by atoms with Crippen molar-refractivity contribution in [1.82, 2.24) is 9.47 Å². The summed E-state index contributed by atoms with van der Waals surface area (Å²) in [5.74, 6) is -1.86. The van der Waals surface area contributed by atoms with Gasteiger partial charge in [0.05, 0.1) is 29.8 Å². The third kappa shape index (κ3) is 4.97. The molecule has 0 spiro atoms. The van der Waals surface area contributed by atoms with E-state index in [9.17, 15) is 19.2 Å². The normalized spacial score (nSPS) is 21.8. The first-order valence-corrected chi connectivity index (χ1v) is 16.1. The number of benzene rings is 2. The largest absolute Gasteiger partial charge is 0.378 e. The molecule has 6 rings (SSSR count). The number of rotatable bonds is 7. The number of carbonyl (C=O) groups excluding carboxylic acids is 3. The highest BCUT2D eigenvalue weighted by Crippen LogP contribution is 2.54. The SMILES string of the molecule is CCN(CC)c1ccc([C@@H]2c3sc(=O)n(CC(=O)N4CCOCC4)c3S[C@H]3C(=O)N(c4ccc(C)cc4)C(=O)[C@@H]23)cc1. The van der Waals surface area contributed by atoms with Gasteiger partial charge in [0.2, 0.25) is 17.7 Å². The maximum atomic E-state index is 14.1. The Morgan fingerprint density at radius 1 is 0.952 bits per heavy atom. The number of aryl methyl sites for hydroxylation is 1. The Morgan fingerprint density at radius 2 is 1.62 bits per heavy atom. The summed E-state index contributed by atoms with van der Waals surface area (Å²) in [5.41, 5.74) is 3.53. The van der Waals surface area contributed by atoms with Crippen molar-refractivity contribution >= 4 is 52.2 Å². The Balaban J connectivity index is 1.43. The molecular weight excluding hydrogens is 572 g/mol. The predicted octanol–water partition coefficient (Wildman–Crippen LogP) is 3.72. The number of aromatic nitrogens is 1. The molecule has 2 fully saturated rings. The fourth-order valence-electron chi connectivity index (χ4n) is 6.09. The van der Waals surface area contributed by atoms with E-state index in [0.717, 1.165) is 46.1 Å². The maximum Gasteiger partial charge on any atom is 0.308 e. The molecule has 2 aromatic carbocycles. The van der Waals surface area contributed by atoms with Gasteiger partial charge in [-0.1, -0.05) is 52.9 Å². The van der Waals surface area contributed by atoms with Gasteiger partial charge in [-0.05, 0) is 50.6 Å². The van der Waals surface area contributed by atoms with Gasteiger partial charge in [0.1, 0.15) is 11.8 Å². The van der Waals surface area contributed by atoms with Crippen LogP contribution in [0, 0.1) is 12.8 Å². The lowest BCUT2D eigenvalue weighted by molar-refractivity contribution is -0.136. The number of carbonyl (C=O) groups is 3. The molecule has 220 valence electrons. The topological polar surface area (TPSA) is 92.2 Å². The summed E-state index contributed by atoms with van der Waals surface area (Å²) in [6.07, 6.45) is 0. The van der Waals surface area contributed by atoms with E-state index in [1.165, 1.54) is 21.2 Å². The molecule has 0 unspecified atom stereocenters. The van der Waals surface area contributed by atoms with Gasteiger partial charge in [0.15, 0.2) is 0 Å². The van der Waals surface area contributed by atoms with Gasteiger partial charge < -0.3 is 14.5 Å². The highest BCUT2D eigenvalue weighted by molar-refractivity contribution is 8.00. The quantitative estimate of drug-likeness (QED) is 0.379. The molecule has 0 saturated carbocycles. The lowest BCUT2D eigenvalue weighted by Gasteiger charge is -2.31. The standard InChI is InChI=1S/C31H34N4O5S2/c1-4-32(5-2)21-12-8-20(9-13-21)24-25-26(29(38)35(28(25)37)22-10-6-19(3)7-11-22)41-30-27(24)42-31(39)34(30)18-23(36)33-14-16-40-17-15-33/h6-13,24-26H,4-5,14-18H2,1-3H3/t24-,25-,26+/m0/s1. The molecule has 0 N–H and O–H groups in total. The summed E-state index contributed by atoms with van der Waals surface area (Å²) in [4.78, 5) is 60.4. The van der Waals surface area contributed by atoms with Gasteiger partial charge in [-0.2, -0.15) is 0 Å². The number of thiazole rings is 1. The third-order valence-electron chi connectivity index (χ3n) is 8.38. The highest BCUT2D eigenvalue weighted by Gasteiger charge is 2.56. The summed E-state index contributed by atoms with van der Waals surface area (Å²) in [6.45, 7) is 9.70. The van der Waals surface area contributed by atoms with E-state index in [4.69, 9.17) is 4.74 Å². The predicted molar refractivity (Wildman–Crippen MR) is 165 cm³/mol. The van der Waals surface area contributed by atoms with Gasteiger partial charge in [0.25, 0.3) is 0 Å². The fraction of sp³-hybridized carbons (Fsp3) is 0.419. The van der Waals surface area contributed by atoms with Crippen molar-refractivity contribution in [2.24, 2.45) is 5.92 Å². The van der Waals surface area contributed by atoms with Crippen LogP contribution in [0.15, 0.2) is 58.4 Å². The molecule has 3 atom stereocenters. The molecule has 9 nitrogen and oxygen atoms in total. The number of nitrogens with zero attached hydrogens (tertiary/aromatic N) is 4. The number of anilines is 2. The van der Waals surface area contributed by atoms with Crippen LogP contribution in [-0.2, 0) is 25.7 Å². The second-order valence-corrected chi connectivity index (χ2v) is 12.9. The van der Waals surface area contributed by atoms with Gasteiger partial charge in [-0.3, -0.25) is 23.7 Å². The first-order chi connectivity index (χ1) is 20.3. The number of ether oxygens (including phenoxy) is 1. The molecule has 42 heavy (non-hydrogen) atoms. The smallest absolute Gasteiger partial charge is 0.308 e. The van der Waals surface area contributed by atoms with E-state index in [2.05, 4.69) is 18.7 Å². The summed E-state index contributed by atoms with van der Waals surface area (Å²) in [6, 6.07) is 15.5. The van der Waals surface area contributed by atoms with Crippen molar-refractivity contribution in [2.75, 3.05) is 49.2 Å². The minimum Gasteiger partial charge on any atom is -0.378 e. The van der Waals surface area contributed by atoms with Gasteiger partial charge in [-0.15, -0.1) is 0 Å². The van der Waals surface area contributed by atoms with Crippen LogP contribution in [0.5, 0.6) is 0 Å². The second-order valence-electron chi connectivity index (χ2n) is 10.8. The van der Waals surface area contributed by atoms with Crippen LogP contribution in [0.1, 0.15) is 35.8 Å². The summed E-state index contributed by atoms with van der Waals surface area (Å²) >= 11 is 2.33. The minimum atomic E-state index is -0.711. The molecule has 0 radical (unpaired) electrons. The van der Waals surface area contributed by atoms with E-state index in [0.29, 0.717) is 37.0 Å². The molecule has 0 bridgehead atoms. The Labute approximate surface area is 253 Å². The number of hydrogen-bond donors (Lipinski definition) is 0. The van der Waals surface area contributed by atoms with E-state index in [1.807, 2.05) is 43.3 Å². The molecule has 2 saturated heterocycles. The second kappa shape index (κ2) is 11.7. The average Bonchev–Trinajstić information content (AvgIpc) is 3.45. The Bertz CT molecular complexity index is 1560. The van der Waals surface area contributed by atoms with Gasteiger partial charge in [-0.25, -0.2) is 4.90 Å². The van der Waals surface area contributed by atoms with E-state index in [1.54, 1.807) is 17.0 Å². The van der Waals surface area contributed by atoms with Gasteiger partial charge in [0, 0.05) is 42.7 Å². The molecule has 1 aromatic heterocycles. The molecule has 3 aliphatic heterocycles. The van der Waals surface area contributed by atoms with Crippen LogP contribution in [0.2, 0.25) is 0 Å². The first-order valence-electron chi connectivity index (χ1n) is 14.4. The molecule has 11 heteroatoms. The van der Waals surface area contributed by atoms with Crippen LogP contribution in [0.3, 0.4) is 0 Å². The monoisotopic (exact) mass is 606 g/mol. The van der Waals surface area contributed by atoms with Crippen molar-refractivity contribution in [1.29, 1.82) is 0 Å². The maximum absolute atomic E-state index is 14.1. The van der Waals surface area contributed by atoms with Gasteiger partial charge >= 0.3 is 4.87 Å². The number of amides is 3. The third-order valence-corrected chi connectivity index (χ3v) is 11.0. The van der Waals surface area contributed by atoms with Crippen molar-refractivity contribution in [3.63, 3.8) is 0 Å². The van der Waals surface area contributed by atoms with E-state index in [-0.39, 0.29) is 29.1 Å². The Hall–Kier alpha value is -3.41. The van der Waals surface area contributed by atoms with Crippen LogP contribution in [-0.4, -0.2) is 71.8 Å². The van der Waals surface area contributed by atoms with Crippen molar-refractivity contribution in [2.45, 2.75) is 43.5 Å². The fourth-order valence-corrected chi connectivity index (χ4v) is 8.87. The van der Waals surface area contributed by atoms with E-state index < -0.39 is 17.1 Å². The average molecular weight is 607 g/mol. The molecule has 3 amide bonds. The van der Waals surface area contributed by atoms with Crippen LogP contribution >= 0.6 is 23.1 Å². The number of morpholine rings is 1. The summed E-state index contributed by atoms with van der Waals surface area (Å²) in [7, 11) is 0. The summed E-state index contributed by atoms with van der Waals surface area (Å²) in [5, 5.41) is -0.102. The van der Waals surface area contributed by atoms with Crippen LogP contribution in [0.4, 0.5) is 11.4 Å². The number of thioether (sulfide) groups is 1. The zero-order chi connectivity index (χ0) is 29.5. The lowest BCUT2D eigenvalue weighted by Crippen LogP contribution is -2.43. The zero-order valence-corrected chi connectivity index (χ0v) is 25.6. The molecule has 4 heterocycles. The van der Waals surface area contributed by atoms with Crippen molar-refractivity contribution in [3.8, 4) is 0 Å². The first kappa shape index (κ1) is 28.7. The molecular formula is C31H34N4O5S2. The van der Waals surface area contributed by atoms with Crippen molar-refractivity contribution < 1.29 is 19.1 Å². The number of hydrogen-bond acceptors (Lipinski definition) is 8. The van der Waals surface area contributed by atoms with Crippen LogP contribution < -0.4 is 14.7 Å². The molecule has 3 aromatic rings. The number of fused-ring (bicyclic) bond motifs is 2. The van der Waals surface area contributed by atoms with Crippen LogP contribution in [0.25, 0.3) is 0 Å². The highest BCUT2D eigenvalue weighted by atomic mass is 32.2. The zero-order valence-electron chi connectivity index (χ0n) is 23.9.